The second-order valence-electron chi connectivity index (χ2n) is 4.65. The summed E-state index contributed by atoms with van der Waals surface area (Å²) in [5, 5.41) is 5.34. The van der Waals surface area contributed by atoms with Crippen molar-refractivity contribution in [2.24, 2.45) is 4.99 Å². The van der Waals surface area contributed by atoms with Gasteiger partial charge in [0.25, 0.3) is 5.91 Å². The van der Waals surface area contributed by atoms with Crippen LogP contribution in [0.5, 0.6) is 0 Å². The van der Waals surface area contributed by atoms with Crippen molar-refractivity contribution >= 4 is 28.8 Å². The molecule has 2 aromatic carbocycles. The van der Waals surface area contributed by atoms with Crippen molar-refractivity contribution in [1.82, 2.24) is 0 Å². The molecule has 2 aliphatic rings. The Hall–Kier alpha value is -2.13. The Labute approximate surface area is 114 Å². The molecule has 0 saturated heterocycles. The number of benzene rings is 2. The van der Waals surface area contributed by atoms with Gasteiger partial charge in [0.1, 0.15) is 6.04 Å². The minimum absolute atomic E-state index is 0.0754. The van der Waals surface area contributed by atoms with Gasteiger partial charge in [-0.3, -0.25) is 9.79 Å². The summed E-state index contributed by atoms with van der Waals surface area (Å²) in [7, 11) is 0. The number of amides is 1. The molecule has 4 heteroatoms. The van der Waals surface area contributed by atoms with Crippen LogP contribution in [0.2, 0.25) is 5.02 Å². The minimum atomic E-state index is -0.236. The maximum atomic E-state index is 12.2. The topological polar surface area (TPSA) is 41.5 Å². The fraction of sp³-hybridized carbons (Fsp3) is 0.0667. The van der Waals surface area contributed by atoms with Gasteiger partial charge in [-0.1, -0.05) is 29.8 Å². The van der Waals surface area contributed by atoms with E-state index in [1.807, 2.05) is 36.4 Å². The van der Waals surface area contributed by atoms with Gasteiger partial charge in [-0.2, -0.15) is 0 Å². The Kier molecular flexibility index (Phi) is 2.09. The summed E-state index contributed by atoms with van der Waals surface area (Å²) in [5.41, 5.74) is 2.46. The Balaban J connectivity index is 2.08. The quantitative estimate of drug-likeness (QED) is 0.778. The molecule has 1 amide bonds. The van der Waals surface area contributed by atoms with Crippen LogP contribution in [0, 0.1) is 0 Å². The first-order valence-electron chi connectivity index (χ1n) is 6.02. The molecule has 1 N–H and O–H groups in total. The zero-order valence-electron chi connectivity index (χ0n) is 9.85. The lowest BCUT2D eigenvalue weighted by Crippen LogP contribution is -2.30. The molecular formula is C15H9ClN2O. The van der Waals surface area contributed by atoms with Crippen LogP contribution in [-0.2, 0) is 4.79 Å². The summed E-state index contributed by atoms with van der Waals surface area (Å²) in [6, 6.07) is 12.9. The van der Waals surface area contributed by atoms with E-state index in [4.69, 9.17) is 11.6 Å². The lowest BCUT2D eigenvalue weighted by molar-refractivity contribution is -0.111. The van der Waals surface area contributed by atoms with Crippen LogP contribution in [-0.4, -0.2) is 5.91 Å². The van der Waals surface area contributed by atoms with Crippen LogP contribution >= 0.6 is 11.6 Å². The van der Waals surface area contributed by atoms with Crippen LogP contribution in [0.3, 0.4) is 0 Å². The highest BCUT2D eigenvalue weighted by molar-refractivity contribution is 6.31. The molecule has 1 unspecified atom stereocenters. The molecule has 0 bridgehead atoms. The first-order chi connectivity index (χ1) is 9.24. The van der Waals surface area contributed by atoms with Crippen LogP contribution in [0.1, 0.15) is 11.6 Å². The molecule has 2 aliphatic heterocycles. The second-order valence-corrected chi connectivity index (χ2v) is 5.08. The Morgan fingerprint density at radius 2 is 2.00 bits per heavy atom. The number of para-hydroxylation sites is 1. The predicted molar refractivity (Wildman–Crippen MR) is 73.5 cm³/mol. The number of carbonyl (C=O) groups excluding carboxylic acids is 1. The monoisotopic (exact) mass is 268 g/mol. The number of fused-ring (bicyclic) bond motifs is 4. The van der Waals surface area contributed by atoms with E-state index in [1.165, 1.54) is 0 Å². The third-order valence-electron chi connectivity index (χ3n) is 3.54. The van der Waals surface area contributed by atoms with Crippen LogP contribution in [0.25, 0.3) is 5.57 Å². The van der Waals surface area contributed by atoms with Gasteiger partial charge in [0.15, 0.2) is 0 Å². The smallest absolute Gasteiger partial charge is 0.254 e. The summed E-state index contributed by atoms with van der Waals surface area (Å²) in [5.74, 6) is -0.0754. The predicted octanol–water partition coefficient (Wildman–Crippen LogP) is 1.82. The SMILES string of the molecule is O=C1Nc2ccc(Cl)cc2C2N=c3ccccc3=C12. The number of carbonyl (C=O) groups is 1. The van der Waals surface area contributed by atoms with Crippen molar-refractivity contribution in [2.75, 3.05) is 5.32 Å². The van der Waals surface area contributed by atoms with E-state index in [0.717, 1.165) is 21.8 Å². The van der Waals surface area contributed by atoms with Gasteiger partial charge in [-0.15, -0.1) is 0 Å². The van der Waals surface area contributed by atoms with Crippen molar-refractivity contribution < 1.29 is 4.79 Å². The highest BCUT2D eigenvalue weighted by Crippen LogP contribution is 2.38. The molecule has 0 radical (unpaired) electrons. The van der Waals surface area contributed by atoms with Crippen molar-refractivity contribution in [3.63, 3.8) is 0 Å². The average molecular weight is 269 g/mol. The summed E-state index contributed by atoms with van der Waals surface area (Å²) in [6.07, 6.45) is 0. The van der Waals surface area contributed by atoms with E-state index >= 15 is 0 Å². The van der Waals surface area contributed by atoms with Gasteiger partial charge in [0.05, 0.1) is 10.9 Å². The molecule has 0 spiro atoms. The molecule has 2 heterocycles. The molecule has 0 aliphatic carbocycles. The number of nitrogens with zero attached hydrogens (tertiary/aromatic N) is 1. The van der Waals surface area contributed by atoms with Crippen LogP contribution in [0.15, 0.2) is 47.5 Å². The summed E-state index contributed by atoms with van der Waals surface area (Å²) < 4.78 is 0. The van der Waals surface area contributed by atoms with Crippen molar-refractivity contribution in [1.29, 1.82) is 0 Å². The minimum Gasteiger partial charge on any atom is -0.322 e. The van der Waals surface area contributed by atoms with Gasteiger partial charge < -0.3 is 5.32 Å². The highest BCUT2D eigenvalue weighted by Gasteiger charge is 2.33. The van der Waals surface area contributed by atoms with E-state index in [9.17, 15) is 4.79 Å². The molecule has 0 aromatic heterocycles. The van der Waals surface area contributed by atoms with Gasteiger partial charge in [0, 0.05) is 21.5 Å². The molecule has 4 rings (SSSR count). The number of hydrogen-bond acceptors (Lipinski definition) is 2. The van der Waals surface area contributed by atoms with Gasteiger partial charge in [-0.25, -0.2) is 0 Å². The first kappa shape index (κ1) is 10.8. The second kappa shape index (κ2) is 3.68. The molecule has 2 aromatic rings. The maximum absolute atomic E-state index is 12.2. The molecule has 0 saturated carbocycles. The Morgan fingerprint density at radius 3 is 2.89 bits per heavy atom. The van der Waals surface area contributed by atoms with Gasteiger partial charge >= 0.3 is 0 Å². The molecule has 1 atom stereocenters. The Morgan fingerprint density at radius 1 is 1.16 bits per heavy atom. The standard InChI is InChI=1S/C15H9ClN2O/c16-8-5-6-12-10(7-8)14-13(15(19)18-12)9-3-1-2-4-11(9)17-14/h1-7,14H,(H,18,19). The first-order valence-corrected chi connectivity index (χ1v) is 6.40. The fourth-order valence-corrected chi connectivity index (χ4v) is 2.88. The van der Waals surface area contributed by atoms with Crippen molar-refractivity contribution in [3.05, 3.63) is 63.6 Å². The number of hydrogen-bond donors (Lipinski definition) is 1. The summed E-state index contributed by atoms with van der Waals surface area (Å²) in [6.45, 7) is 0. The van der Waals surface area contributed by atoms with Crippen molar-refractivity contribution in [2.45, 2.75) is 6.04 Å². The summed E-state index contributed by atoms with van der Waals surface area (Å²) in [4.78, 5) is 16.9. The molecular weight excluding hydrogens is 260 g/mol. The number of nitrogens with one attached hydrogen (secondary N) is 1. The van der Waals surface area contributed by atoms with E-state index in [2.05, 4.69) is 10.3 Å². The van der Waals surface area contributed by atoms with E-state index in [-0.39, 0.29) is 11.9 Å². The van der Waals surface area contributed by atoms with Crippen LogP contribution in [0.4, 0.5) is 5.69 Å². The molecule has 92 valence electrons. The fourth-order valence-electron chi connectivity index (χ4n) is 2.70. The zero-order chi connectivity index (χ0) is 13.0. The number of halogens is 1. The van der Waals surface area contributed by atoms with Gasteiger partial charge in [0.2, 0.25) is 0 Å². The average Bonchev–Trinajstić information content (AvgIpc) is 2.80. The number of rotatable bonds is 0. The van der Waals surface area contributed by atoms with Crippen molar-refractivity contribution in [3.8, 4) is 0 Å². The van der Waals surface area contributed by atoms with Gasteiger partial charge in [-0.05, 0) is 24.3 Å². The lowest BCUT2D eigenvalue weighted by atomic mass is 9.93. The molecule has 0 fully saturated rings. The van der Waals surface area contributed by atoms with E-state index in [0.29, 0.717) is 10.6 Å². The van der Waals surface area contributed by atoms with E-state index in [1.54, 1.807) is 6.07 Å². The molecule has 3 nitrogen and oxygen atoms in total. The Bertz CT molecular complexity index is 841. The lowest BCUT2D eigenvalue weighted by Gasteiger charge is -2.23. The van der Waals surface area contributed by atoms with E-state index < -0.39 is 0 Å². The normalized spacial score (nSPS) is 19.1. The van der Waals surface area contributed by atoms with Crippen LogP contribution < -0.4 is 15.9 Å². The maximum Gasteiger partial charge on any atom is 0.254 e. The third kappa shape index (κ3) is 1.45. The third-order valence-corrected chi connectivity index (χ3v) is 3.77. The zero-order valence-corrected chi connectivity index (χ0v) is 10.6. The highest BCUT2D eigenvalue weighted by atomic mass is 35.5. The largest absolute Gasteiger partial charge is 0.322 e. The summed E-state index contributed by atoms with van der Waals surface area (Å²) >= 11 is 6.05. The number of anilines is 1. The molecule has 19 heavy (non-hydrogen) atoms.